The first kappa shape index (κ1) is 11.7. The summed E-state index contributed by atoms with van der Waals surface area (Å²) in [5.74, 6) is 1.38. The molecule has 0 unspecified atom stereocenters. The highest BCUT2D eigenvalue weighted by Crippen LogP contribution is 2.33. The first-order chi connectivity index (χ1) is 6.81. The molecule has 2 N–H and O–H groups in total. The second kappa shape index (κ2) is 6.20. The summed E-state index contributed by atoms with van der Waals surface area (Å²) in [5.41, 5.74) is 0. The van der Waals surface area contributed by atoms with Crippen LogP contribution in [-0.2, 0) is 0 Å². The summed E-state index contributed by atoms with van der Waals surface area (Å²) in [6, 6.07) is 0. The zero-order valence-electron chi connectivity index (χ0n) is 9.02. The van der Waals surface area contributed by atoms with Crippen LogP contribution in [0.2, 0.25) is 0 Å². The normalized spacial score (nSPS) is 28.9. The van der Waals surface area contributed by atoms with Crippen LogP contribution in [0.15, 0.2) is 12.2 Å². The van der Waals surface area contributed by atoms with Gasteiger partial charge in [0.05, 0.1) is 0 Å². The van der Waals surface area contributed by atoms with Crippen molar-refractivity contribution in [1.29, 1.82) is 0 Å². The maximum absolute atomic E-state index is 9.07. The molecule has 0 bridgehead atoms. The van der Waals surface area contributed by atoms with Crippen LogP contribution in [0.25, 0.3) is 0 Å². The summed E-state index contributed by atoms with van der Waals surface area (Å²) in [6.07, 6.45) is 9.14. The fraction of sp³-hybridized carbons (Fsp3) is 0.833. The number of hydrogen-bond donors (Lipinski definition) is 2. The van der Waals surface area contributed by atoms with E-state index >= 15 is 0 Å². The largest absolute Gasteiger partial charge is 0.396 e. The summed E-state index contributed by atoms with van der Waals surface area (Å²) >= 11 is 0. The Bertz CT molecular complexity index is 165. The van der Waals surface area contributed by atoms with Crippen LogP contribution >= 0.6 is 0 Å². The topological polar surface area (TPSA) is 40.5 Å². The Kier molecular flexibility index (Phi) is 5.20. The Hall–Kier alpha value is -0.340. The zero-order valence-corrected chi connectivity index (χ0v) is 9.02. The average Bonchev–Trinajstić information content (AvgIpc) is 2.23. The summed E-state index contributed by atoms with van der Waals surface area (Å²) < 4.78 is 0. The van der Waals surface area contributed by atoms with Crippen LogP contribution in [0, 0.1) is 17.8 Å². The van der Waals surface area contributed by atoms with Gasteiger partial charge in [0, 0.05) is 19.1 Å². The van der Waals surface area contributed by atoms with E-state index in [4.69, 9.17) is 10.2 Å². The van der Waals surface area contributed by atoms with Crippen LogP contribution < -0.4 is 0 Å². The standard InChI is InChI=1S/C12H22O2/c1-2-3-10-4-6-11(7-5-10)12(8-13)9-14/h2-3,10-14H,4-9H2,1H3. The smallest absolute Gasteiger partial charge is 0.0483 e. The van der Waals surface area contributed by atoms with Crippen LogP contribution in [0.5, 0.6) is 0 Å². The number of aliphatic hydroxyl groups excluding tert-OH is 2. The molecule has 0 amide bonds. The van der Waals surface area contributed by atoms with Crippen LogP contribution in [0.3, 0.4) is 0 Å². The highest BCUT2D eigenvalue weighted by atomic mass is 16.3. The van der Waals surface area contributed by atoms with Crippen LogP contribution in [0.4, 0.5) is 0 Å². The average molecular weight is 198 g/mol. The molecule has 1 saturated carbocycles. The molecule has 0 aromatic heterocycles. The summed E-state index contributed by atoms with van der Waals surface area (Å²) in [4.78, 5) is 0. The molecule has 0 radical (unpaired) electrons. The molecule has 0 heterocycles. The molecule has 2 heteroatoms. The van der Waals surface area contributed by atoms with Gasteiger partial charge in [0.15, 0.2) is 0 Å². The Balaban J connectivity index is 2.34. The molecule has 1 fully saturated rings. The van der Waals surface area contributed by atoms with Gasteiger partial charge in [-0.15, -0.1) is 0 Å². The number of hydrogen-bond acceptors (Lipinski definition) is 2. The third kappa shape index (κ3) is 3.10. The Labute approximate surface area is 86.6 Å². The maximum atomic E-state index is 9.07. The van der Waals surface area contributed by atoms with Gasteiger partial charge in [0.2, 0.25) is 0 Å². The minimum Gasteiger partial charge on any atom is -0.396 e. The molecule has 1 aliphatic rings. The van der Waals surface area contributed by atoms with E-state index in [1.165, 1.54) is 12.8 Å². The van der Waals surface area contributed by atoms with E-state index in [0.717, 1.165) is 18.8 Å². The maximum Gasteiger partial charge on any atom is 0.0483 e. The van der Waals surface area contributed by atoms with Crippen molar-refractivity contribution in [1.82, 2.24) is 0 Å². The number of allylic oxidation sites excluding steroid dienone is 2. The molecule has 0 spiro atoms. The second-order valence-corrected chi connectivity index (χ2v) is 4.33. The van der Waals surface area contributed by atoms with Crippen LogP contribution in [0.1, 0.15) is 32.6 Å². The van der Waals surface area contributed by atoms with Crippen LogP contribution in [-0.4, -0.2) is 23.4 Å². The fourth-order valence-electron chi connectivity index (χ4n) is 2.44. The molecule has 82 valence electrons. The SMILES string of the molecule is CC=CC1CCC(C(CO)CO)CC1. The van der Waals surface area contributed by atoms with E-state index in [0.29, 0.717) is 5.92 Å². The van der Waals surface area contributed by atoms with Gasteiger partial charge in [-0.05, 0) is 44.4 Å². The zero-order chi connectivity index (χ0) is 10.4. The molecule has 0 saturated heterocycles. The minimum atomic E-state index is 0.113. The van der Waals surface area contributed by atoms with Gasteiger partial charge in [-0.25, -0.2) is 0 Å². The van der Waals surface area contributed by atoms with Gasteiger partial charge >= 0.3 is 0 Å². The molecule has 0 aromatic rings. The summed E-state index contributed by atoms with van der Waals surface area (Å²) in [7, 11) is 0. The van der Waals surface area contributed by atoms with Gasteiger partial charge < -0.3 is 10.2 Å². The van der Waals surface area contributed by atoms with Crippen molar-refractivity contribution in [2.75, 3.05) is 13.2 Å². The lowest BCUT2D eigenvalue weighted by atomic mass is 9.76. The summed E-state index contributed by atoms with van der Waals surface area (Å²) in [5, 5.41) is 18.1. The van der Waals surface area contributed by atoms with Crippen molar-refractivity contribution in [2.45, 2.75) is 32.6 Å². The van der Waals surface area contributed by atoms with Crippen molar-refractivity contribution in [3.8, 4) is 0 Å². The van der Waals surface area contributed by atoms with Crippen molar-refractivity contribution in [3.05, 3.63) is 12.2 Å². The fourth-order valence-corrected chi connectivity index (χ4v) is 2.44. The lowest BCUT2D eigenvalue weighted by molar-refractivity contribution is 0.0833. The van der Waals surface area contributed by atoms with E-state index in [9.17, 15) is 0 Å². The molecule has 1 aliphatic carbocycles. The molecular formula is C12H22O2. The quantitative estimate of drug-likeness (QED) is 0.678. The highest BCUT2D eigenvalue weighted by Gasteiger charge is 2.25. The first-order valence-corrected chi connectivity index (χ1v) is 5.66. The van der Waals surface area contributed by atoms with Gasteiger partial charge in [-0.1, -0.05) is 12.2 Å². The molecule has 2 nitrogen and oxygen atoms in total. The Morgan fingerprint density at radius 2 is 1.71 bits per heavy atom. The van der Waals surface area contributed by atoms with Crippen molar-refractivity contribution >= 4 is 0 Å². The van der Waals surface area contributed by atoms with E-state index in [-0.39, 0.29) is 19.1 Å². The van der Waals surface area contributed by atoms with E-state index < -0.39 is 0 Å². The molecule has 0 atom stereocenters. The first-order valence-electron chi connectivity index (χ1n) is 5.66. The molecule has 1 rings (SSSR count). The molecule has 0 aromatic carbocycles. The third-order valence-corrected chi connectivity index (χ3v) is 3.42. The monoisotopic (exact) mass is 198 g/mol. The van der Waals surface area contributed by atoms with Crippen molar-refractivity contribution in [3.63, 3.8) is 0 Å². The number of rotatable bonds is 4. The lowest BCUT2D eigenvalue weighted by Crippen LogP contribution is -2.26. The molecule has 14 heavy (non-hydrogen) atoms. The Morgan fingerprint density at radius 1 is 1.14 bits per heavy atom. The van der Waals surface area contributed by atoms with Gasteiger partial charge in [-0.3, -0.25) is 0 Å². The molecular weight excluding hydrogens is 176 g/mol. The van der Waals surface area contributed by atoms with E-state index in [2.05, 4.69) is 19.1 Å². The van der Waals surface area contributed by atoms with E-state index in [1.54, 1.807) is 0 Å². The Morgan fingerprint density at radius 3 is 2.14 bits per heavy atom. The lowest BCUT2D eigenvalue weighted by Gasteiger charge is -2.31. The molecule has 0 aliphatic heterocycles. The minimum absolute atomic E-state index is 0.113. The van der Waals surface area contributed by atoms with Gasteiger partial charge in [-0.2, -0.15) is 0 Å². The van der Waals surface area contributed by atoms with Crippen molar-refractivity contribution < 1.29 is 10.2 Å². The predicted molar refractivity (Wildman–Crippen MR) is 57.9 cm³/mol. The third-order valence-electron chi connectivity index (χ3n) is 3.42. The number of aliphatic hydroxyl groups is 2. The second-order valence-electron chi connectivity index (χ2n) is 4.33. The summed E-state index contributed by atoms with van der Waals surface area (Å²) in [6.45, 7) is 2.33. The predicted octanol–water partition coefficient (Wildman–Crippen LogP) is 1.97. The van der Waals surface area contributed by atoms with E-state index in [1.807, 2.05) is 0 Å². The highest BCUT2D eigenvalue weighted by molar-refractivity contribution is 4.89. The van der Waals surface area contributed by atoms with Gasteiger partial charge in [0.1, 0.15) is 0 Å². The van der Waals surface area contributed by atoms with Crippen molar-refractivity contribution in [2.24, 2.45) is 17.8 Å². The van der Waals surface area contributed by atoms with Gasteiger partial charge in [0.25, 0.3) is 0 Å².